The summed E-state index contributed by atoms with van der Waals surface area (Å²) in [6.07, 6.45) is 1.41. The van der Waals surface area contributed by atoms with Gasteiger partial charge in [0, 0.05) is 16.7 Å². The molecule has 0 fully saturated rings. The van der Waals surface area contributed by atoms with Crippen molar-refractivity contribution in [3.63, 3.8) is 0 Å². The summed E-state index contributed by atoms with van der Waals surface area (Å²) in [6, 6.07) is 22.5. The van der Waals surface area contributed by atoms with Crippen LogP contribution in [0.2, 0.25) is 5.02 Å². The van der Waals surface area contributed by atoms with E-state index in [1.807, 2.05) is 50.2 Å². The number of rotatable bonds is 7. The van der Waals surface area contributed by atoms with Crippen LogP contribution >= 0.6 is 23.4 Å². The van der Waals surface area contributed by atoms with Gasteiger partial charge < -0.3 is 9.73 Å². The number of aromatic nitrogens is 2. The fraction of sp³-hybridized carbons (Fsp3) is 0.103. The summed E-state index contributed by atoms with van der Waals surface area (Å²) in [5.41, 5.74) is 4.55. The highest BCUT2D eigenvalue weighted by Gasteiger charge is 2.25. The number of fused-ring (bicyclic) bond motifs is 1. The van der Waals surface area contributed by atoms with Crippen molar-refractivity contribution in [3.8, 4) is 0 Å². The van der Waals surface area contributed by atoms with E-state index < -0.39 is 5.91 Å². The van der Waals surface area contributed by atoms with Crippen LogP contribution in [-0.2, 0) is 5.75 Å². The van der Waals surface area contributed by atoms with Crippen molar-refractivity contribution in [1.29, 1.82) is 0 Å². The standard InChI is InChI=1S/C29H22ClN3O3S/c1-17-10-12-20(13-11-17)26(34)27-24(21-8-3-4-9-23(21)36-27)32-28(35)25-22(30)15-31-29(33-25)37-16-19-7-5-6-18(2)14-19/h3-15H,16H2,1-2H3,(H,32,35). The zero-order chi connectivity index (χ0) is 25.9. The minimum absolute atomic E-state index is 0.0161. The van der Waals surface area contributed by atoms with E-state index in [0.717, 1.165) is 11.1 Å². The summed E-state index contributed by atoms with van der Waals surface area (Å²) in [4.78, 5) is 35.4. The lowest BCUT2D eigenvalue weighted by atomic mass is 10.1. The van der Waals surface area contributed by atoms with E-state index in [2.05, 4.69) is 21.4 Å². The Morgan fingerprint density at radius 3 is 2.54 bits per heavy atom. The Bertz CT molecular complexity index is 1630. The molecule has 184 valence electrons. The first-order valence-corrected chi connectivity index (χ1v) is 12.9. The second-order valence-electron chi connectivity index (χ2n) is 8.58. The molecule has 2 aromatic heterocycles. The third kappa shape index (κ3) is 5.43. The summed E-state index contributed by atoms with van der Waals surface area (Å²) in [7, 11) is 0. The molecule has 0 atom stereocenters. The smallest absolute Gasteiger partial charge is 0.276 e. The molecule has 5 rings (SSSR count). The number of hydrogen-bond donors (Lipinski definition) is 1. The van der Waals surface area contributed by atoms with Gasteiger partial charge in [0.25, 0.3) is 5.91 Å². The highest BCUT2D eigenvalue weighted by molar-refractivity contribution is 7.98. The van der Waals surface area contributed by atoms with Crippen LogP contribution in [0, 0.1) is 13.8 Å². The third-order valence-electron chi connectivity index (χ3n) is 5.74. The van der Waals surface area contributed by atoms with Gasteiger partial charge in [-0.15, -0.1) is 0 Å². The number of nitrogens with one attached hydrogen (secondary N) is 1. The number of thioether (sulfide) groups is 1. The van der Waals surface area contributed by atoms with E-state index in [1.165, 1.54) is 23.5 Å². The van der Waals surface area contributed by atoms with Crippen LogP contribution in [0.5, 0.6) is 0 Å². The van der Waals surface area contributed by atoms with E-state index in [0.29, 0.717) is 27.4 Å². The van der Waals surface area contributed by atoms with Crippen molar-refractivity contribution in [2.75, 3.05) is 5.32 Å². The molecule has 3 aromatic carbocycles. The minimum atomic E-state index is -0.561. The Morgan fingerprint density at radius 1 is 0.973 bits per heavy atom. The molecule has 0 saturated carbocycles. The molecule has 2 heterocycles. The fourth-order valence-electron chi connectivity index (χ4n) is 3.87. The highest BCUT2D eigenvalue weighted by atomic mass is 35.5. The lowest BCUT2D eigenvalue weighted by molar-refractivity contribution is 0.101. The molecule has 0 aliphatic rings. The van der Waals surface area contributed by atoms with Crippen molar-refractivity contribution in [2.24, 2.45) is 0 Å². The molecule has 0 aliphatic heterocycles. The van der Waals surface area contributed by atoms with Crippen molar-refractivity contribution in [3.05, 3.63) is 118 Å². The third-order valence-corrected chi connectivity index (χ3v) is 6.95. The number of ketones is 1. The van der Waals surface area contributed by atoms with Gasteiger partial charge in [-0.1, -0.05) is 95.2 Å². The van der Waals surface area contributed by atoms with Crippen molar-refractivity contribution in [1.82, 2.24) is 9.97 Å². The second kappa shape index (κ2) is 10.6. The first kappa shape index (κ1) is 24.7. The topological polar surface area (TPSA) is 85.1 Å². The molecule has 37 heavy (non-hydrogen) atoms. The number of hydrogen-bond acceptors (Lipinski definition) is 6. The molecular weight excluding hydrogens is 506 g/mol. The van der Waals surface area contributed by atoms with Crippen LogP contribution in [0.4, 0.5) is 5.69 Å². The van der Waals surface area contributed by atoms with Gasteiger partial charge in [0.15, 0.2) is 16.6 Å². The molecular formula is C29H22ClN3O3S. The molecule has 5 aromatic rings. The quantitative estimate of drug-likeness (QED) is 0.136. The maximum atomic E-state index is 13.4. The molecule has 0 unspecified atom stereocenters. The number of aryl methyl sites for hydroxylation is 2. The van der Waals surface area contributed by atoms with Crippen LogP contribution in [0.15, 0.2) is 88.6 Å². The average molecular weight is 528 g/mol. The number of anilines is 1. The van der Waals surface area contributed by atoms with Crippen LogP contribution in [0.1, 0.15) is 43.3 Å². The molecule has 0 radical (unpaired) electrons. The maximum Gasteiger partial charge on any atom is 0.276 e. The summed E-state index contributed by atoms with van der Waals surface area (Å²) < 4.78 is 5.90. The van der Waals surface area contributed by atoms with E-state index in [1.54, 1.807) is 30.3 Å². The number of amides is 1. The molecule has 1 N–H and O–H groups in total. The van der Waals surface area contributed by atoms with Gasteiger partial charge in [0.05, 0.1) is 16.9 Å². The number of para-hydroxylation sites is 1. The van der Waals surface area contributed by atoms with Crippen molar-refractivity contribution in [2.45, 2.75) is 24.8 Å². The van der Waals surface area contributed by atoms with Gasteiger partial charge in [-0.2, -0.15) is 0 Å². The Kier molecular flexibility index (Phi) is 7.08. The van der Waals surface area contributed by atoms with Gasteiger partial charge >= 0.3 is 0 Å². The molecule has 0 bridgehead atoms. The number of nitrogens with zero attached hydrogens (tertiary/aromatic N) is 2. The fourth-order valence-corrected chi connectivity index (χ4v) is 4.80. The predicted octanol–water partition coefficient (Wildman–Crippen LogP) is 7.27. The second-order valence-corrected chi connectivity index (χ2v) is 9.93. The van der Waals surface area contributed by atoms with E-state index in [4.69, 9.17) is 16.0 Å². The van der Waals surface area contributed by atoms with E-state index in [-0.39, 0.29) is 27.9 Å². The monoisotopic (exact) mass is 527 g/mol. The van der Waals surface area contributed by atoms with Crippen LogP contribution < -0.4 is 5.32 Å². The lowest BCUT2D eigenvalue weighted by Crippen LogP contribution is -2.17. The van der Waals surface area contributed by atoms with Crippen LogP contribution in [0.3, 0.4) is 0 Å². The normalized spacial score (nSPS) is 11.0. The number of furan rings is 1. The van der Waals surface area contributed by atoms with Gasteiger partial charge in [0.1, 0.15) is 5.58 Å². The maximum absolute atomic E-state index is 13.4. The summed E-state index contributed by atoms with van der Waals surface area (Å²) >= 11 is 7.72. The summed E-state index contributed by atoms with van der Waals surface area (Å²) in [6.45, 7) is 3.98. The Labute approximate surface area is 223 Å². The molecule has 0 spiro atoms. The lowest BCUT2D eigenvalue weighted by Gasteiger charge is -2.08. The van der Waals surface area contributed by atoms with Gasteiger partial charge in [0.2, 0.25) is 5.78 Å². The SMILES string of the molecule is Cc1ccc(C(=O)c2oc3ccccc3c2NC(=O)c2nc(SCc3cccc(C)c3)ncc2Cl)cc1. The Balaban J connectivity index is 1.44. The molecule has 0 aliphatic carbocycles. The number of carbonyl (C=O) groups is 2. The van der Waals surface area contributed by atoms with Gasteiger partial charge in [-0.05, 0) is 31.5 Å². The predicted molar refractivity (Wildman–Crippen MR) is 147 cm³/mol. The van der Waals surface area contributed by atoms with Gasteiger partial charge in [-0.25, -0.2) is 9.97 Å². The summed E-state index contributed by atoms with van der Waals surface area (Å²) in [5.74, 6) is -0.215. The first-order valence-electron chi connectivity index (χ1n) is 11.5. The van der Waals surface area contributed by atoms with E-state index >= 15 is 0 Å². The number of benzene rings is 3. The van der Waals surface area contributed by atoms with E-state index in [9.17, 15) is 9.59 Å². The number of carbonyl (C=O) groups excluding carboxylic acids is 2. The first-order chi connectivity index (χ1) is 17.9. The molecule has 0 saturated heterocycles. The molecule has 6 nitrogen and oxygen atoms in total. The van der Waals surface area contributed by atoms with Crippen LogP contribution in [0.25, 0.3) is 11.0 Å². The van der Waals surface area contributed by atoms with Crippen LogP contribution in [-0.4, -0.2) is 21.7 Å². The average Bonchev–Trinajstić information content (AvgIpc) is 3.26. The van der Waals surface area contributed by atoms with Crippen molar-refractivity contribution >= 4 is 51.7 Å². The molecule has 8 heteroatoms. The zero-order valence-electron chi connectivity index (χ0n) is 20.1. The minimum Gasteiger partial charge on any atom is -0.450 e. The highest BCUT2D eigenvalue weighted by Crippen LogP contribution is 2.33. The Hall–Kier alpha value is -3.94. The summed E-state index contributed by atoms with van der Waals surface area (Å²) in [5, 5.41) is 3.95. The largest absolute Gasteiger partial charge is 0.450 e. The Morgan fingerprint density at radius 2 is 1.76 bits per heavy atom. The van der Waals surface area contributed by atoms with Crippen molar-refractivity contribution < 1.29 is 14.0 Å². The molecule has 1 amide bonds. The number of halogens is 1. The zero-order valence-corrected chi connectivity index (χ0v) is 21.7. The van der Waals surface area contributed by atoms with Gasteiger partial charge in [-0.3, -0.25) is 9.59 Å².